The Bertz CT molecular complexity index is 362. The van der Waals surface area contributed by atoms with E-state index in [9.17, 15) is 5.11 Å². The van der Waals surface area contributed by atoms with Crippen LogP contribution in [-0.4, -0.2) is 11.2 Å². The molecular weight excluding hydrogens is 196 g/mol. The second-order valence-electron chi connectivity index (χ2n) is 5.08. The number of aliphatic hydroxyl groups excluding tert-OH is 1. The van der Waals surface area contributed by atoms with Crippen LogP contribution in [0.15, 0.2) is 30.3 Å². The van der Waals surface area contributed by atoms with E-state index < -0.39 is 6.10 Å². The fraction of sp³-hybridized carbons (Fsp3) is 0.467. The van der Waals surface area contributed by atoms with Crippen LogP contribution >= 0.6 is 0 Å². The fourth-order valence-corrected chi connectivity index (χ4v) is 1.24. The molecule has 1 heteroatoms. The molecule has 1 aromatic rings. The van der Waals surface area contributed by atoms with Crippen LogP contribution in [0.3, 0.4) is 0 Å². The third-order valence-corrected chi connectivity index (χ3v) is 2.44. The number of aryl methyl sites for hydroxylation is 1. The Morgan fingerprint density at radius 1 is 1.19 bits per heavy atom. The van der Waals surface area contributed by atoms with Crippen molar-refractivity contribution in [3.05, 3.63) is 35.9 Å². The third-order valence-electron chi connectivity index (χ3n) is 2.44. The van der Waals surface area contributed by atoms with Gasteiger partial charge in [0.1, 0.15) is 6.10 Å². The van der Waals surface area contributed by atoms with Gasteiger partial charge in [-0.05, 0) is 17.4 Å². The summed E-state index contributed by atoms with van der Waals surface area (Å²) in [4.78, 5) is 0. The van der Waals surface area contributed by atoms with Crippen molar-refractivity contribution in [2.24, 2.45) is 5.41 Å². The molecular formula is C15H20O. The van der Waals surface area contributed by atoms with Crippen molar-refractivity contribution in [1.82, 2.24) is 0 Å². The first-order chi connectivity index (χ1) is 7.50. The molecule has 0 saturated carbocycles. The number of benzene rings is 1. The summed E-state index contributed by atoms with van der Waals surface area (Å²) in [6.45, 7) is 5.97. The quantitative estimate of drug-likeness (QED) is 0.753. The molecule has 1 atom stereocenters. The van der Waals surface area contributed by atoms with Crippen molar-refractivity contribution in [1.29, 1.82) is 0 Å². The minimum atomic E-state index is -0.539. The van der Waals surface area contributed by atoms with E-state index in [1.54, 1.807) is 0 Å². The van der Waals surface area contributed by atoms with E-state index in [1.807, 2.05) is 39.0 Å². The van der Waals surface area contributed by atoms with Crippen LogP contribution in [0.25, 0.3) is 0 Å². The lowest BCUT2D eigenvalue weighted by Crippen LogP contribution is -2.23. The van der Waals surface area contributed by atoms with Crippen LogP contribution in [-0.2, 0) is 6.42 Å². The summed E-state index contributed by atoms with van der Waals surface area (Å²) in [7, 11) is 0. The lowest BCUT2D eigenvalue weighted by molar-refractivity contribution is 0.114. The maximum atomic E-state index is 9.71. The van der Waals surface area contributed by atoms with Gasteiger partial charge in [-0.3, -0.25) is 0 Å². The molecule has 1 nitrogen and oxygen atoms in total. The minimum Gasteiger partial charge on any atom is -0.380 e. The van der Waals surface area contributed by atoms with E-state index in [0.29, 0.717) is 0 Å². The second-order valence-corrected chi connectivity index (χ2v) is 5.08. The topological polar surface area (TPSA) is 20.2 Å². The molecule has 1 rings (SSSR count). The van der Waals surface area contributed by atoms with Gasteiger partial charge in [0, 0.05) is 6.42 Å². The van der Waals surface area contributed by atoms with Gasteiger partial charge >= 0.3 is 0 Å². The molecule has 1 N–H and O–H groups in total. The zero-order chi connectivity index (χ0) is 12.0. The molecule has 0 fully saturated rings. The van der Waals surface area contributed by atoms with Crippen molar-refractivity contribution in [2.45, 2.75) is 39.7 Å². The molecule has 0 aliphatic rings. The van der Waals surface area contributed by atoms with E-state index in [4.69, 9.17) is 0 Å². The van der Waals surface area contributed by atoms with E-state index in [1.165, 1.54) is 5.56 Å². The highest BCUT2D eigenvalue weighted by Crippen LogP contribution is 2.18. The highest BCUT2D eigenvalue weighted by Gasteiger charge is 2.19. The standard InChI is InChI=1S/C15H20O/c1-15(2,3)14(16)12-8-7-11-13-9-5-4-6-10-13/h4-6,9-10,14,16H,7,11H2,1-3H3/t14-/m0/s1. The van der Waals surface area contributed by atoms with Crippen LogP contribution in [0.1, 0.15) is 32.8 Å². The normalized spacial score (nSPS) is 12.8. The third kappa shape index (κ3) is 4.51. The Hall–Kier alpha value is -1.26. The predicted octanol–water partition coefficient (Wildman–Crippen LogP) is 3.03. The number of aliphatic hydroxyl groups is 1. The van der Waals surface area contributed by atoms with Crippen LogP contribution in [0.4, 0.5) is 0 Å². The van der Waals surface area contributed by atoms with Gasteiger partial charge in [0.2, 0.25) is 0 Å². The maximum absolute atomic E-state index is 9.71. The minimum absolute atomic E-state index is 0.153. The molecule has 0 heterocycles. The van der Waals surface area contributed by atoms with E-state index >= 15 is 0 Å². The SMILES string of the molecule is CC(C)(C)[C@@H](O)C#CCCc1ccccc1. The molecule has 0 spiro atoms. The average Bonchev–Trinajstić information content (AvgIpc) is 2.24. The van der Waals surface area contributed by atoms with E-state index in [-0.39, 0.29) is 5.41 Å². The molecule has 16 heavy (non-hydrogen) atoms. The zero-order valence-electron chi connectivity index (χ0n) is 10.3. The Labute approximate surface area is 98.5 Å². The Morgan fingerprint density at radius 3 is 2.38 bits per heavy atom. The fourth-order valence-electron chi connectivity index (χ4n) is 1.24. The summed E-state index contributed by atoms with van der Waals surface area (Å²) in [6.07, 6.45) is 1.21. The van der Waals surface area contributed by atoms with Gasteiger partial charge < -0.3 is 5.11 Å². The van der Waals surface area contributed by atoms with Crippen molar-refractivity contribution < 1.29 is 5.11 Å². The highest BCUT2D eigenvalue weighted by molar-refractivity contribution is 5.17. The Morgan fingerprint density at radius 2 is 1.81 bits per heavy atom. The molecule has 0 bridgehead atoms. The summed E-state index contributed by atoms with van der Waals surface area (Å²) in [5.74, 6) is 5.94. The average molecular weight is 216 g/mol. The van der Waals surface area contributed by atoms with Crippen molar-refractivity contribution in [2.75, 3.05) is 0 Å². The van der Waals surface area contributed by atoms with Gasteiger partial charge in [-0.25, -0.2) is 0 Å². The van der Waals surface area contributed by atoms with Gasteiger partial charge in [0.15, 0.2) is 0 Å². The number of hydrogen-bond acceptors (Lipinski definition) is 1. The van der Waals surface area contributed by atoms with Gasteiger partial charge in [0.05, 0.1) is 0 Å². The van der Waals surface area contributed by atoms with Gasteiger partial charge in [-0.2, -0.15) is 0 Å². The van der Waals surface area contributed by atoms with Gasteiger partial charge in [0.25, 0.3) is 0 Å². The molecule has 1 aromatic carbocycles. The lowest BCUT2D eigenvalue weighted by atomic mass is 9.89. The molecule has 0 saturated heterocycles. The largest absolute Gasteiger partial charge is 0.380 e. The molecule has 0 aliphatic carbocycles. The van der Waals surface area contributed by atoms with Gasteiger partial charge in [-0.15, -0.1) is 5.92 Å². The lowest BCUT2D eigenvalue weighted by Gasteiger charge is -2.20. The van der Waals surface area contributed by atoms with E-state index in [0.717, 1.165) is 12.8 Å². The Balaban J connectivity index is 2.39. The smallest absolute Gasteiger partial charge is 0.119 e. The van der Waals surface area contributed by atoms with Gasteiger partial charge in [-0.1, -0.05) is 57.0 Å². The molecule has 0 unspecified atom stereocenters. The monoisotopic (exact) mass is 216 g/mol. The first-order valence-electron chi connectivity index (χ1n) is 5.70. The molecule has 0 radical (unpaired) electrons. The molecule has 0 amide bonds. The van der Waals surface area contributed by atoms with E-state index in [2.05, 4.69) is 24.0 Å². The highest BCUT2D eigenvalue weighted by atomic mass is 16.3. The summed E-state index contributed by atoms with van der Waals surface area (Å²) in [5, 5.41) is 9.71. The number of rotatable bonds is 2. The van der Waals surface area contributed by atoms with Crippen molar-refractivity contribution >= 4 is 0 Å². The van der Waals surface area contributed by atoms with Crippen LogP contribution in [0.2, 0.25) is 0 Å². The first kappa shape index (κ1) is 12.8. The summed E-state index contributed by atoms with van der Waals surface area (Å²) in [5.41, 5.74) is 1.14. The van der Waals surface area contributed by atoms with Crippen molar-refractivity contribution in [3.63, 3.8) is 0 Å². The van der Waals surface area contributed by atoms with Crippen molar-refractivity contribution in [3.8, 4) is 11.8 Å². The summed E-state index contributed by atoms with van der Waals surface area (Å²) < 4.78 is 0. The van der Waals surface area contributed by atoms with Crippen LogP contribution in [0, 0.1) is 17.3 Å². The second kappa shape index (κ2) is 5.72. The molecule has 0 aromatic heterocycles. The molecule has 0 aliphatic heterocycles. The molecule has 86 valence electrons. The van der Waals surface area contributed by atoms with Crippen LogP contribution < -0.4 is 0 Å². The Kier molecular flexibility index (Phi) is 4.58. The predicted molar refractivity (Wildman–Crippen MR) is 68.0 cm³/mol. The number of hydrogen-bond donors (Lipinski definition) is 1. The first-order valence-corrected chi connectivity index (χ1v) is 5.70. The summed E-state index contributed by atoms with van der Waals surface area (Å²) in [6, 6.07) is 10.3. The summed E-state index contributed by atoms with van der Waals surface area (Å²) >= 11 is 0. The zero-order valence-corrected chi connectivity index (χ0v) is 10.3. The maximum Gasteiger partial charge on any atom is 0.119 e. The van der Waals surface area contributed by atoms with Crippen LogP contribution in [0.5, 0.6) is 0 Å².